The molecule has 0 atom stereocenters. The topological polar surface area (TPSA) is 94.9 Å². The Hall–Kier alpha value is -5.71. The maximum absolute atomic E-state index is 11.3. The van der Waals surface area contributed by atoms with Crippen LogP contribution in [0.15, 0.2) is 105 Å². The summed E-state index contributed by atoms with van der Waals surface area (Å²) in [6.07, 6.45) is 11.7. The minimum atomic E-state index is -0.878. The Bertz CT molecular complexity index is 2170. The number of allylic oxidation sites excluding steroid dienone is 8. The van der Waals surface area contributed by atoms with E-state index >= 15 is 0 Å². The fourth-order valence-electron chi connectivity index (χ4n) is 4.20. The zero-order valence-corrected chi connectivity index (χ0v) is 34.8. The Labute approximate surface area is 349 Å². The summed E-state index contributed by atoms with van der Waals surface area (Å²) in [6.45, 7) is 41.6. The fraction of sp³-hybridized carbons (Fsp3) is 0.205. The normalized spacial score (nSPS) is 13.4. The van der Waals surface area contributed by atoms with Crippen LogP contribution in [-0.4, -0.2) is 16.7 Å². The van der Waals surface area contributed by atoms with Gasteiger partial charge in [0.05, 0.1) is 46.9 Å². The molecule has 1 N–H and O–H groups in total. The number of rotatable bonds is 2. The highest BCUT2D eigenvalue weighted by molar-refractivity contribution is 6.59. The van der Waals surface area contributed by atoms with Crippen molar-refractivity contribution < 1.29 is 19.8 Å². The second-order valence-corrected chi connectivity index (χ2v) is 13.5. The van der Waals surface area contributed by atoms with Crippen molar-refractivity contribution in [3.63, 3.8) is 0 Å². The number of aromatic hydroxyl groups is 1. The van der Waals surface area contributed by atoms with Gasteiger partial charge in [0.25, 0.3) is 0 Å². The SMILES string of the molecule is CC=C1C=CC(C)=C[CH+]1.CCc1ccc(C)cc1.Cc1ccc(C(C)C)cc1.[C-]#[N+]C1=C([N+]#[C-])C(=O)C(Cl)=C(Cl)C1=O.[C-]#[N+]c1c([O-])c(Cl)c(Cl)c(O)c1[N+]#[C-]. The van der Waals surface area contributed by atoms with Crippen LogP contribution in [0.3, 0.4) is 0 Å². The number of hydrogen-bond acceptors (Lipinski definition) is 4. The molecule has 0 saturated carbocycles. The molecule has 2 aliphatic rings. The third-order valence-electron chi connectivity index (χ3n) is 7.64. The van der Waals surface area contributed by atoms with Crippen LogP contribution in [0.25, 0.3) is 19.4 Å². The van der Waals surface area contributed by atoms with Gasteiger partial charge in [0.1, 0.15) is 5.75 Å². The van der Waals surface area contributed by atoms with Crippen LogP contribution < -0.4 is 5.11 Å². The van der Waals surface area contributed by atoms with E-state index < -0.39 is 65.9 Å². The van der Waals surface area contributed by atoms with Crippen molar-refractivity contribution in [2.24, 2.45) is 0 Å². The Morgan fingerprint density at radius 2 is 1.21 bits per heavy atom. The molecule has 0 aromatic heterocycles. The lowest BCUT2D eigenvalue weighted by atomic mass is 10.0. The third-order valence-corrected chi connectivity index (χ3v) is 9.28. The fourth-order valence-corrected chi connectivity index (χ4v) is 4.91. The second-order valence-electron chi connectivity index (χ2n) is 12.0. The summed E-state index contributed by atoms with van der Waals surface area (Å²) in [4.78, 5) is 33.7. The van der Waals surface area contributed by atoms with Gasteiger partial charge in [0.2, 0.25) is 17.1 Å². The molecule has 2 aliphatic carbocycles. The number of nitrogens with zero attached hydrogens (tertiary/aromatic N) is 4. The van der Waals surface area contributed by atoms with Gasteiger partial charge in [-0.15, -0.1) is 0 Å². The van der Waals surface area contributed by atoms with Gasteiger partial charge in [-0.2, -0.15) is 0 Å². The second kappa shape index (κ2) is 23.9. The predicted molar refractivity (Wildman–Crippen MR) is 226 cm³/mol. The van der Waals surface area contributed by atoms with E-state index in [2.05, 4.69) is 140 Å². The Kier molecular flexibility index (Phi) is 20.7. The molecule has 0 aliphatic heterocycles. The van der Waals surface area contributed by atoms with Crippen LogP contribution in [0.1, 0.15) is 62.8 Å². The van der Waals surface area contributed by atoms with Gasteiger partial charge in [-0.1, -0.05) is 133 Å². The zero-order chi connectivity index (χ0) is 42.7. The number of hydrogen-bond donors (Lipinski definition) is 1. The van der Waals surface area contributed by atoms with Crippen molar-refractivity contribution in [3.8, 4) is 11.5 Å². The molecule has 0 heterocycles. The summed E-state index contributed by atoms with van der Waals surface area (Å²) in [5.74, 6) is -2.57. The average Bonchev–Trinajstić information content (AvgIpc) is 3.20. The van der Waals surface area contributed by atoms with Crippen molar-refractivity contribution in [2.75, 3.05) is 0 Å². The van der Waals surface area contributed by atoms with Crippen LogP contribution in [0.2, 0.25) is 10.0 Å². The molecular weight excluding hydrogens is 790 g/mol. The van der Waals surface area contributed by atoms with E-state index in [0.717, 1.165) is 6.42 Å². The third kappa shape index (κ3) is 13.9. The monoisotopic (exact) mass is 826 g/mol. The van der Waals surface area contributed by atoms with Gasteiger partial charge in [-0.25, -0.2) is 14.5 Å². The van der Waals surface area contributed by atoms with Crippen LogP contribution in [0.5, 0.6) is 11.5 Å². The van der Waals surface area contributed by atoms with Crippen molar-refractivity contribution >= 4 is 69.3 Å². The molecule has 286 valence electrons. The molecule has 0 amide bonds. The Morgan fingerprint density at radius 1 is 0.750 bits per heavy atom. The molecule has 12 heteroatoms. The van der Waals surface area contributed by atoms with E-state index in [1.807, 2.05) is 6.92 Å². The average molecular weight is 829 g/mol. The van der Waals surface area contributed by atoms with Crippen LogP contribution in [0.4, 0.5) is 11.4 Å². The van der Waals surface area contributed by atoms with E-state index in [1.54, 1.807) is 0 Å². The molecule has 0 radical (unpaired) electrons. The number of phenols is 1. The van der Waals surface area contributed by atoms with Gasteiger partial charge in [0, 0.05) is 35.2 Å². The van der Waals surface area contributed by atoms with E-state index in [4.69, 9.17) is 72.7 Å². The number of benzene rings is 3. The molecule has 3 aromatic rings. The molecule has 0 spiro atoms. The van der Waals surface area contributed by atoms with E-state index in [9.17, 15) is 19.8 Å². The van der Waals surface area contributed by atoms with E-state index in [0.29, 0.717) is 5.92 Å². The molecule has 8 nitrogen and oxygen atoms in total. The zero-order valence-electron chi connectivity index (χ0n) is 31.8. The number of carbonyl (C=O) groups excluding carboxylic acids is 2. The molecule has 0 fully saturated rings. The maximum Gasteiger partial charge on any atom is 0.246 e. The summed E-state index contributed by atoms with van der Waals surface area (Å²) in [5, 5.41) is 18.7. The van der Waals surface area contributed by atoms with Gasteiger partial charge in [-0.05, 0) is 57.2 Å². The summed E-state index contributed by atoms with van der Waals surface area (Å²) in [7, 11) is 0. The molecule has 0 unspecified atom stereocenters. The van der Waals surface area contributed by atoms with Crippen LogP contribution >= 0.6 is 46.4 Å². The van der Waals surface area contributed by atoms with Crippen LogP contribution in [0, 0.1) is 46.6 Å². The largest absolute Gasteiger partial charge is 0.881 e. The first kappa shape index (κ1) is 48.3. The number of ketones is 2. The highest BCUT2D eigenvalue weighted by Crippen LogP contribution is 2.51. The first-order chi connectivity index (χ1) is 26.4. The minimum Gasteiger partial charge on any atom is -0.881 e. The molecular formula is C44H38Cl4N4O4. The van der Waals surface area contributed by atoms with Crippen molar-refractivity contribution in [1.82, 2.24) is 0 Å². The predicted octanol–water partition coefficient (Wildman–Crippen LogP) is 13.1. The molecule has 3 aromatic carbocycles. The summed E-state index contributed by atoms with van der Waals surface area (Å²) in [6, 6.07) is 17.4. The lowest BCUT2D eigenvalue weighted by Gasteiger charge is -2.15. The van der Waals surface area contributed by atoms with E-state index in [-0.39, 0.29) is 0 Å². The van der Waals surface area contributed by atoms with Crippen molar-refractivity contribution in [3.05, 3.63) is 190 Å². The first-order valence-corrected chi connectivity index (χ1v) is 18.2. The highest BCUT2D eigenvalue weighted by Gasteiger charge is 2.34. The Balaban J connectivity index is 0.000000355. The van der Waals surface area contributed by atoms with Gasteiger partial charge in [0.15, 0.2) is 17.3 Å². The van der Waals surface area contributed by atoms with Crippen LogP contribution in [-0.2, 0) is 16.0 Å². The number of carbonyl (C=O) groups is 2. The molecule has 0 saturated heterocycles. The summed E-state index contributed by atoms with van der Waals surface area (Å²) >= 11 is 21.7. The van der Waals surface area contributed by atoms with Gasteiger partial charge in [-0.3, -0.25) is 4.85 Å². The van der Waals surface area contributed by atoms with Gasteiger partial charge < -0.3 is 19.8 Å². The molecule has 5 rings (SSSR count). The number of aryl methyl sites for hydroxylation is 3. The highest BCUT2D eigenvalue weighted by atomic mass is 35.5. The smallest absolute Gasteiger partial charge is 0.246 e. The molecule has 56 heavy (non-hydrogen) atoms. The molecule has 0 bridgehead atoms. The number of Topliss-reactive ketones (excluding diaryl/α,β-unsaturated/α-hetero) is 2. The standard InChI is InChI=1S/C10H14.C9H12.C9H11.C8H2Cl2N2O2.C8Cl2N2O2/c1-8(2)10-6-4-9(3)5-7-10;2*1-3-9-6-4-8(2)5-7-9;2*1-11-5-6(12-2)8(14)4(10)3(9)7(5)13/h4-8H,1-3H3;4-7H,3H2,1-2H3;3-7H,1-2H3;13-14H;/q;;+1;;/p-1. The number of halogens is 4. The summed E-state index contributed by atoms with van der Waals surface area (Å²) < 4.78 is 0. The van der Waals surface area contributed by atoms with Crippen molar-refractivity contribution in [2.45, 2.75) is 60.8 Å². The first-order valence-electron chi connectivity index (χ1n) is 16.7. The Morgan fingerprint density at radius 3 is 1.57 bits per heavy atom. The maximum atomic E-state index is 11.3. The number of phenolic OH excluding ortho intramolecular Hbond substituents is 1. The van der Waals surface area contributed by atoms with Crippen molar-refractivity contribution in [1.29, 1.82) is 0 Å². The lowest BCUT2D eigenvalue weighted by Crippen LogP contribution is -2.16. The lowest BCUT2D eigenvalue weighted by molar-refractivity contribution is -0.266. The minimum absolute atomic E-state index is 0.393. The quantitative estimate of drug-likeness (QED) is 0.206. The van der Waals surface area contributed by atoms with E-state index in [1.165, 1.54) is 33.4 Å². The van der Waals surface area contributed by atoms with Gasteiger partial charge >= 0.3 is 0 Å². The summed E-state index contributed by atoms with van der Waals surface area (Å²) in [5.41, 5.74) is 6.02.